The van der Waals surface area contributed by atoms with Crippen LogP contribution in [0.1, 0.15) is 61.8 Å². The van der Waals surface area contributed by atoms with Crippen LogP contribution in [-0.4, -0.2) is 66.3 Å². The number of carbonyl (C=O) groups excluding carboxylic acids is 4. The van der Waals surface area contributed by atoms with Crippen molar-refractivity contribution in [3.05, 3.63) is 108 Å². The average molecular weight is 624 g/mol. The van der Waals surface area contributed by atoms with Crippen molar-refractivity contribution in [2.75, 3.05) is 13.6 Å². The van der Waals surface area contributed by atoms with Crippen LogP contribution in [0.4, 0.5) is 0 Å². The van der Waals surface area contributed by atoms with Gasteiger partial charge < -0.3 is 26.2 Å². The summed E-state index contributed by atoms with van der Waals surface area (Å²) in [4.78, 5) is 55.7. The SMILES string of the molecule is CN[C@H](Cc1ccccc1)C(=O)N[C@@H]1C(=O)N2[C@@H](CC[C@@H]1CCNC(C)=O)CC[C@H]2C(=O)NC(c1ccccc1)c1ccccc1. The van der Waals surface area contributed by atoms with Gasteiger partial charge in [-0.1, -0.05) is 91.0 Å². The molecule has 2 heterocycles. The third kappa shape index (κ3) is 8.01. The van der Waals surface area contributed by atoms with Crippen molar-refractivity contribution in [2.45, 2.75) is 75.7 Å². The summed E-state index contributed by atoms with van der Waals surface area (Å²) in [6.45, 7) is 1.87. The summed E-state index contributed by atoms with van der Waals surface area (Å²) < 4.78 is 0. The van der Waals surface area contributed by atoms with Crippen molar-refractivity contribution in [1.82, 2.24) is 26.2 Å². The zero-order chi connectivity index (χ0) is 32.5. The molecule has 9 heteroatoms. The van der Waals surface area contributed by atoms with Gasteiger partial charge in [0.2, 0.25) is 23.6 Å². The summed E-state index contributed by atoms with van der Waals surface area (Å²) >= 11 is 0. The topological polar surface area (TPSA) is 120 Å². The first-order chi connectivity index (χ1) is 22.4. The molecule has 0 saturated carbocycles. The molecule has 0 unspecified atom stereocenters. The first kappa shape index (κ1) is 32.9. The Bertz CT molecular complexity index is 1430. The van der Waals surface area contributed by atoms with Gasteiger partial charge in [-0.3, -0.25) is 19.2 Å². The second-order valence-corrected chi connectivity index (χ2v) is 12.4. The van der Waals surface area contributed by atoms with Gasteiger partial charge in [0.05, 0.1) is 12.1 Å². The number of rotatable bonds is 12. The van der Waals surface area contributed by atoms with E-state index in [0.29, 0.717) is 32.2 Å². The second kappa shape index (κ2) is 15.7. The predicted molar refractivity (Wildman–Crippen MR) is 177 cm³/mol. The summed E-state index contributed by atoms with van der Waals surface area (Å²) in [6.07, 6.45) is 3.72. The highest BCUT2D eigenvalue weighted by Crippen LogP contribution is 2.35. The van der Waals surface area contributed by atoms with Gasteiger partial charge in [0.25, 0.3) is 0 Å². The van der Waals surface area contributed by atoms with Gasteiger partial charge >= 0.3 is 0 Å². The van der Waals surface area contributed by atoms with Gasteiger partial charge in [-0.15, -0.1) is 0 Å². The number of amides is 4. The minimum atomic E-state index is -0.815. The predicted octanol–water partition coefficient (Wildman–Crippen LogP) is 3.50. The number of hydrogen-bond donors (Lipinski definition) is 4. The first-order valence-corrected chi connectivity index (χ1v) is 16.3. The zero-order valence-electron chi connectivity index (χ0n) is 26.7. The standard InChI is InChI=1S/C37H45N5O4/c1-25(43)39-23-22-29-18-19-30-20-21-32(36(45)40-33(27-14-8-4-9-15-27)28-16-10-5-11-17-28)42(30)37(46)34(29)41-35(44)31(38-2)24-26-12-6-3-7-13-26/h3-17,29-34,38H,18-24H2,1-2H3,(H,39,43)(H,40,45)(H,41,44)/t29-,30+,31-,32+,34+/m1/s1. The summed E-state index contributed by atoms with van der Waals surface area (Å²) in [5.74, 6) is -1.02. The number of nitrogens with zero attached hydrogens (tertiary/aromatic N) is 1. The average Bonchev–Trinajstić information content (AvgIpc) is 3.46. The molecule has 0 bridgehead atoms. The van der Waals surface area contributed by atoms with Crippen LogP contribution in [0.2, 0.25) is 0 Å². The van der Waals surface area contributed by atoms with Crippen molar-refractivity contribution in [1.29, 1.82) is 0 Å². The van der Waals surface area contributed by atoms with Crippen LogP contribution in [0.25, 0.3) is 0 Å². The molecule has 242 valence electrons. The van der Waals surface area contributed by atoms with E-state index in [1.165, 1.54) is 6.92 Å². The van der Waals surface area contributed by atoms with E-state index in [1.807, 2.05) is 91.0 Å². The van der Waals surface area contributed by atoms with Crippen LogP contribution >= 0.6 is 0 Å². The van der Waals surface area contributed by atoms with Crippen LogP contribution in [0, 0.1) is 5.92 Å². The van der Waals surface area contributed by atoms with E-state index in [1.54, 1.807) is 11.9 Å². The van der Waals surface area contributed by atoms with Crippen molar-refractivity contribution in [3.8, 4) is 0 Å². The van der Waals surface area contributed by atoms with Crippen molar-refractivity contribution >= 4 is 23.6 Å². The molecule has 2 saturated heterocycles. The number of fused-ring (bicyclic) bond motifs is 1. The Kier molecular flexibility index (Phi) is 11.2. The lowest BCUT2D eigenvalue weighted by atomic mass is 9.90. The maximum atomic E-state index is 14.5. The van der Waals surface area contributed by atoms with E-state index in [0.717, 1.165) is 29.5 Å². The smallest absolute Gasteiger partial charge is 0.246 e. The quantitative estimate of drug-likeness (QED) is 0.246. The largest absolute Gasteiger partial charge is 0.356 e. The number of nitrogens with one attached hydrogen (secondary N) is 4. The normalized spacial score (nSPS) is 21.6. The van der Waals surface area contributed by atoms with Crippen molar-refractivity contribution in [2.24, 2.45) is 5.92 Å². The molecule has 3 aromatic rings. The van der Waals surface area contributed by atoms with E-state index in [4.69, 9.17) is 0 Å². The lowest BCUT2D eigenvalue weighted by molar-refractivity contribution is -0.143. The molecular formula is C37H45N5O4. The highest BCUT2D eigenvalue weighted by Gasteiger charge is 2.48. The summed E-state index contributed by atoms with van der Waals surface area (Å²) in [6, 6.07) is 26.9. The third-order valence-electron chi connectivity index (χ3n) is 9.35. The van der Waals surface area contributed by atoms with Crippen LogP contribution in [-0.2, 0) is 25.6 Å². The Hall–Kier alpha value is -4.50. The summed E-state index contributed by atoms with van der Waals surface area (Å²) in [5, 5.41) is 12.3. The molecular weight excluding hydrogens is 578 g/mol. The van der Waals surface area contributed by atoms with Gasteiger partial charge in [-0.2, -0.15) is 0 Å². The minimum Gasteiger partial charge on any atom is -0.356 e. The van der Waals surface area contributed by atoms with Crippen LogP contribution in [0.15, 0.2) is 91.0 Å². The summed E-state index contributed by atoms with van der Waals surface area (Å²) in [7, 11) is 1.74. The maximum absolute atomic E-state index is 14.5. The summed E-state index contributed by atoms with van der Waals surface area (Å²) in [5.41, 5.74) is 2.92. The fraction of sp³-hybridized carbons (Fsp3) is 0.405. The Morgan fingerprint density at radius 2 is 1.41 bits per heavy atom. The lowest BCUT2D eigenvalue weighted by Crippen LogP contribution is -2.58. The first-order valence-electron chi connectivity index (χ1n) is 16.3. The number of benzene rings is 3. The number of likely N-dealkylation sites (N-methyl/N-ethyl adjacent to an activating group) is 1. The lowest BCUT2D eigenvalue weighted by Gasteiger charge is -2.33. The zero-order valence-corrected chi connectivity index (χ0v) is 26.7. The fourth-order valence-corrected chi connectivity index (χ4v) is 6.93. The molecule has 2 aliphatic rings. The number of carbonyl (C=O) groups is 4. The van der Waals surface area contributed by atoms with E-state index in [9.17, 15) is 19.2 Å². The molecule has 5 rings (SSSR count). The highest BCUT2D eigenvalue weighted by molar-refractivity contribution is 5.94. The molecule has 4 amide bonds. The maximum Gasteiger partial charge on any atom is 0.246 e. The van der Waals surface area contributed by atoms with Crippen molar-refractivity contribution < 1.29 is 19.2 Å². The van der Waals surface area contributed by atoms with E-state index in [-0.39, 0.29) is 41.6 Å². The molecule has 0 aliphatic carbocycles. The third-order valence-corrected chi connectivity index (χ3v) is 9.35. The van der Waals surface area contributed by atoms with E-state index in [2.05, 4.69) is 21.3 Å². The highest BCUT2D eigenvalue weighted by atomic mass is 16.2. The monoisotopic (exact) mass is 623 g/mol. The fourth-order valence-electron chi connectivity index (χ4n) is 6.93. The van der Waals surface area contributed by atoms with Crippen LogP contribution in [0.5, 0.6) is 0 Å². The van der Waals surface area contributed by atoms with Gasteiger partial charge in [-0.25, -0.2) is 0 Å². The second-order valence-electron chi connectivity index (χ2n) is 12.4. The Balaban J connectivity index is 1.38. The van der Waals surface area contributed by atoms with Gasteiger partial charge in [-0.05, 0) is 68.2 Å². The molecule has 0 spiro atoms. The molecule has 2 fully saturated rings. The molecule has 0 aromatic heterocycles. The molecule has 0 radical (unpaired) electrons. The Morgan fingerprint density at radius 1 is 0.826 bits per heavy atom. The van der Waals surface area contributed by atoms with E-state index >= 15 is 0 Å². The molecule has 4 N–H and O–H groups in total. The van der Waals surface area contributed by atoms with E-state index < -0.39 is 18.1 Å². The van der Waals surface area contributed by atoms with Crippen LogP contribution < -0.4 is 21.3 Å². The molecule has 9 nitrogen and oxygen atoms in total. The Morgan fingerprint density at radius 3 is 2.00 bits per heavy atom. The van der Waals surface area contributed by atoms with Crippen LogP contribution in [0.3, 0.4) is 0 Å². The molecule has 46 heavy (non-hydrogen) atoms. The molecule has 3 aromatic carbocycles. The van der Waals surface area contributed by atoms with Crippen molar-refractivity contribution in [3.63, 3.8) is 0 Å². The minimum absolute atomic E-state index is 0.0928. The molecule has 5 atom stereocenters. The Labute approximate surface area is 271 Å². The number of hydrogen-bond acceptors (Lipinski definition) is 5. The van der Waals surface area contributed by atoms with Gasteiger partial charge in [0.15, 0.2) is 0 Å². The van der Waals surface area contributed by atoms with Gasteiger partial charge in [0.1, 0.15) is 12.1 Å². The van der Waals surface area contributed by atoms with Gasteiger partial charge in [0, 0.05) is 19.5 Å². The molecule has 2 aliphatic heterocycles.